The number of aromatic hydroxyl groups is 1. The fourth-order valence-electron chi connectivity index (χ4n) is 0.998. The molecule has 0 saturated heterocycles. The predicted molar refractivity (Wildman–Crippen MR) is 51.9 cm³/mol. The molecule has 0 bridgehead atoms. The second kappa shape index (κ2) is 4.73. The third-order valence-corrected chi connectivity index (χ3v) is 2.21. The molecule has 0 aliphatic heterocycles. The Balaban J connectivity index is 3.28. The Labute approximate surface area is 100 Å². The summed E-state index contributed by atoms with van der Waals surface area (Å²) in [6.07, 6.45) is -4.28. The highest BCUT2D eigenvalue weighted by Crippen LogP contribution is 2.39. The standard InChI is InChI=1S/C7H4BrF3N2O4/c8-1-3-2-12-6(17-7(9,10)11)5(14)4(3)13(15)16/h2,14H,1H2. The number of halogens is 4. The SMILES string of the molecule is O=[N+]([O-])c1c(CBr)cnc(OC(F)(F)F)c1O. The smallest absolute Gasteiger partial charge is 0.498 e. The Kier molecular flexibility index (Phi) is 3.76. The van der Waals surface area contributed by atoms with Crippen LogP contribution in [0.1, 0.15) is 5.56 Å². The van der Waals surface area contributed by atoms with Gasteiger partial charge in [-0.25, -0.2) is 4.98 Å². The molecule has 0 atom stereocenters. The molecule has 0 saturated carbocycles. The molecule has 0 radical (unpaired) electrons. The second-order valence-electron chi connectivity index (χ2n) is 2.72. The highest BCUT2D eigenvalue weighted by molar-refractivity contribution is 9.08. The van der Waals surface area contributed by atoms with Crippen molar-refractivity contribution in [2.75, 3.05) is 0 Å². The average molecular weight is 317 g/mol. The topological polar surface area (TPSA) is 85.5 Å². The molecule has 1 N–H and O–H groups in total. The molecule has 10 heteroatoms. The van der Waals surface area contributed by atoms with Crippen LogP contribution in [-0.4, -0.2) is 21.4 Å². The molecular formula is C7H4BrF3N2O4. The number of ether oxygens (including phenoxy) is 1. The first kappa shape index (κ1) is 13.5. The van der Waals surface area contributed by atoms with E-state index >= 15 is 0 Å². The molecule has 6 nitrogen and oxygen atoms in total. The summed E-state index contributed by atoms with van der Waals surface area (Å²) >= 11 is 2.88. The minimum absolute atomic E-state index is 0.0455. The molecule has 0 unspecified atom stereocenters. The summed E-state index contributed by atoms with van der Waals surface area (Å²) in [7, 11) is 0. The van der Waals surface area contributed by atoms with Crippen LogP contribution < -0.4 is 4.74 Å². The molecule has 0 amide bonds. The molecule has 1 heterocycles. The van der Waals surface area contributed by atoms with Crippen LogP contribution in [0.5, 0.6) is 11.6 Å². The number of alkyl halides is 4. The summed E-state index contributed by atoms with van der Waals surface area (Å²) in [5, 5.41) is 19.8. The fraction of sp³-hybridized carbons (Fsp3) is 0.286. The van der Waals surface area contributed by atoms with Crippen LogP contribution >= 0.6 is 15.9 Å². The van der Waals surface area contributed by atoms with Gasteiger partial charge in [0.05, 0.1) is 10.5 Å². The van der Waals surface area contributed by atoms with Crippen LogP contribution in [-0.2, 0) is 5.33 Å². The van der Waals surface area contributed by atoms with Gasteiger partial charge in [0.15, 0.2) is 0 Å². The summed E-state index contributed by atoms with van der Waals surface area (Å²) in [5.74, 6) is -2.52. The first-order valence-corrected chi connectivity index (χ1v) is 5.05. The Morgan fingerprint density at radius 1 is 1.59 bits per heavy atom. The van der Waals surface area contributed by atoms with Crippen molar-refractivity contribution >= 4 is 21.6 Å². The van der Waals surface area contributed by atoms with Crippen LogP contribution in [0.25, 0.3) is 0 Å². The molecule has 94 valence electrons. The van der Waals surface area contributed by atoms with Gasteiger partial charge in [0.2, 0.25) is 0 Å². The first-order valence-electron chi connectivity index (χ1n) is 3.93. The summed E-state index contributed by atoms with van der Waals surface area (Å²) < 4.78 is 39.0. The number of nitrogens with zero attached hydrogens (tertiary/aromatic N) is 2. The Hall–Kier alpha value is -1.58. The van der Waals surface area contributed by atoms with Gasteiger partial charge in [-0.1, -0.05) is 15.9 Å². The van der Waals surface area contributed by atoms with E-state index in [9.17, 15) is 28.4 Å². The van der Waals surface area contributed by atoms with Crippen molar-refractivity contribution in [1.29, 1.82) is 0 Å². The molecule has 1 aromatic heterocycles. The lowest BCUT2D eigenvalue weighted by Crippen LogP contribution is -2.18. The Bertz CT molecular complexity index is 451. The number of hydrogen-bond acceptors (Lipinski definition) is 5. The van der Waals surface area contributed by atoms with Gasteiger partial charge >= 0.3 is 12.0 Å². The van der Waals surface area contributed by atoms with Crippen molar-refractivity contribution in [3.05, 3.63) is 21.9 Å². The number of hydrogen-bond donors (Lipinski definition) is 1. The number of nitro groups is 1. The van der Waals surface area contributed by atoms with Gasteiger partial charge in [0.25, 0.3) is 11.6 Å². The third kappa shape index (κ3) is 3.19. The molecular weight excluding hydrogens is 313 g/mol. The quantitative estimate of drug-likeness (QED) is 0.526. The molecule has 0 fully saturated rings. The van der Waals surface area contributed by atoms with Gasteiger partial charge in [0, 0.05) is 11.5 Å². The lowest BCUT2D eigenvalue weighted by atomic mass is 10.2. The van der Waals surface area contributed by atoms with E-state index in [0.717, 1.165) is 6.20 Å². The molecule has 0 aliphatic carbocycles. The third-order valence-electron chi connectivity index (χ3n) is 1.61. The van der Waals surface area contributed by atoms with E-state index in [2.05, 4.69) is 25.7 Å². The lowest BCUT2D eigenvalue weighted by Gasteiger charge is -2.10. The molecule has 0 aromatic carbocycles. The van der Waals surface area contributed by atoms with Crippen molar-refractivity contribution in [2.45, 2.75) is 11.7 Å². The van der Waals surface area contributed by atoms with E-state index in [4.69, 9.17) is 0 Å². The van der Waals surface area contributed by atoms with E-state index in [0.29, 0.717) is 0 Å². The zero-order chi connectivity index (χ0) is 13.2. The normalized spacial score (nSPS) is 11.3. The summed E-state index contributed by atoms with van der Waals surface area (Å²) in [5.41, 5.74) is -0.946. The Morgan fingerprint density at radius 2 is 2.18 bits per heavy atom. The summed E-state index contributed by atoms with van der Waals surface area (Å²) in [6.45, 7) is 0. The maximum Gasteiger partial charge on any atom is 0.574 e. The van der Waals surface area contributed by atoms with E-state index < -0.39 is 28.6 Å². The second-order valence-corrected chi connectivity index (χ2v) is 3.29. The van der Waals surface area contributed by atoms with E-state index in [1.54, 1.807) is 0 Å². The van der Waals surface area contributed by atoms with Gasteiger partial charge in [-0.15, -0.1) is 13.2 Å². The van der Waals surface area contributed by atoms with Crippen LogP contribution in [0.2, 0.25) is 0 Å². The maximum absolute atomic E-state index is 11.9. The molecule has 1 aromatic rings. The fourth-order valence-corrected chi connectivity index (χ4v) is 1.41. The molecule has 0 aliphatic rings. The zero-order valence-corrected chi connectivity index (χ0v) is 9.45. The van der Waals surface area contributed by atoms with Crippen molar-refractivity contribution in [3.8, 4) is 11.6 Å². The highest BCUT2D eigenvalue weighted by atomic mass is 79.9. The predicted octanol–water partition coefficient (Wildman–Crippen LogP) is 2.49. The summed E-state index contributed by atoms with van der Waals surface area (Å²) in [4.78, 5) is 12.7. The maximum atomic E-state index is 11.9. The number of aromatic nitrogens is 1. The minimum atomic E-state index is -5.09. The molecule has 17 heavy (non-hydrogen) atoms. The monoisotopic (exact) mass is 316 g/mol. The molecule has 1 rings (SSSR count). The lowest BCUT2D eigenvalue weighted by molar-refractivity contribution is -0.386. The zero-order valence-electron chi connectivity index (χ0n) is 7.86. The van der Waals surface area contributed by atoms with Crippen LogP contribution in [0.4, 0.5) is 18.9 Å². The first-order chi connectivity index (χ1) is 7.76. The minimum Gasteiger partial charge on any atom is -0.498 e. The van der Waals surface area contributed by atoms with E-state index in [1.807, 2.05) is 0 Å². The van der Waals surface area contributed by atoms with Crippen LogP contribution in [0, 0.1) is 10.1 Å². The van der Waals surface area contributed by atoms with Crippen molar-refractivity contribution in [2.24, 2.45) is 0 Å². The molecule has 0 spiro atoms. The van der Waals surface area contributed by atoms with E-state index in [1.165, 1.54) is 0 Å². The van der Waals surface area contributed by atoms with Crippen molar-refractivity contribution in [3.63, 3.8) is 0 Å². The average Bonchev–Trinajstić information content (AvgIpc) is 2.18. The summed E-state index contributed by atoms with van der Waals surface area (Å²) in [6, 6.07) is 0. The van der Waals surface area contributed by atoms with Gasteiger partial charge in [0.1, 0.15) is 0 Å². The van der Waals surface area contributed by atoms with Crippen LogP contribution in [0.15, 0.2) is 6.20 Å². The largest absolute Gasteiger partial charge is 0.574 e. The van der Waals surface area contributed by atoms with Crippen LogP contribution in [0.3, 0.4) is 0 Å². The van der Waals surface area contributed by atoms with Gasteiger partial charge < -0.3 is 9.84 Å². The highest BCUT2D eigenvalue weighted by Gasteiger charge is 2.35. The van der Waals surface area contributed by atoms with Crippen molar-refractivity contribution < 1.29 is 27.9 Å². The Morgan fingerprint density at radius 3 is 2.59 bits per heavy atom. The van der Waals surface area contributed by atoms with Gasteiger partial charge in [-0.2, -0.15) is 0 Å². The number of pyridine rings is 1. The van der Waals surface area contributed by atoms with Gasteiger partial charge in [-0.05, 0) is 0 Å². The van der Waals surface area contributed by atoms with E-state index in [-0.39, 0.29) is 10.9 Å². The van der Waals surface area contributed by atoms with Gasteiger partial charge in [-0.3, -0.25) is 10.1 Å². The van der Waals surface area contributed by atoms with Crippen molar-refractivity contribution in [1.82, 2.24) is 4.98 Å². The number of rotatable bonds is 3.